The van der Waals surface area contributed by atoms with E-state index in [0.29, 0.717) is 21.2 Å². The van der Waals surface area contributed by atoms with Crippen LogP contribution in [0.3, 0.4) is 0 Å². The highest BCUT2D eigenvalue weighted by atomic mass is 32.2. The molecule has 2 N–H and O–H groups in total. The number of para-hydroxylation sites is 1. The van der Waals surface area contributed by atoms with Gasteiger partial charge >= 0.3 is 5.97 Å². The van der Waals surface area contributed by atoms with Crippen LogP contribution in [0.5, 0.6) is 5.75 Å². The van der Waals surface area contributed by atoms with Crippen molar-refractivity contribution in [2.75, 3.05) is 7.11 Å². The number of hydrogen-bond acceptors (Lipinski definition) is 6. The number of aliphatic hydroxyl groups excluding tert-OH is 1. The predicted molar refractivity (Wildman–Crippen MR) is 98.9 cm³/mol. The summed E-state index contributed by atoms with van der Waals surface area (Å²) in [5.41, 5.74) is 1.39. The normalized spacial score (nSPS) is 17.3. The summed E-state index contributed by atoms with van der Waals surface area (Å²) in [6.45, 7) is 0. The highest BCUT2D eigenvalue weighted by Crippen LogP contribution is 2.40. The van der Waals surface area contributed by atoms with Crippen LogP contribution in [-0.4, -0.2) is 28.3 Å². The van der Waals surface area contributed by atoms with E-state index in [2.05, 4.69) is 4.99 Å². The zero-order chi connectivity index (χ0) is 17.8. The van der Waals surface area contributed by atoms with Gasteiger partial charge in [0.15, 0.2) is 0 Å². The Bertz CT molecular complexity index is 901. The number of nitrogens with zero attached hydrogens (tertiary/aromatic N) is 1. The number of methoxy groups -OCH3 is 1. The van der Waals surface area contributed by atoms with E-state index in [4.69, 9.17) is 4.74 Å². The molecular weight excluding hydrogens is 338 g/mol. The van der Waals surface area contributed by atoms with Gasteiger partial charge in [0.25, 0.3) is 0 Å². The Morgan fingerprint density at radius 1 is 1.12 bits per heavy atom. The smallest absolute Gasteiger partial charge is 0.344 e. The molecule has 0 saturated carbocycles. The van der Waals surface area contributed by atoms with Crippen LogP contribution in [0.15, 0.2) is 75.8 Å². The third-order valence-corrected chi connectivity index (χ3v) is 4.45. The van der Waals surface area contributed by atoms with Gasteiger partial charge in [0.1, 0.15) is 22.1 Å². The molecule has 0 saturated heterocycles. The van der Waals surface area contributed by atoms with Crippen molar-refractivity contribution in [2.45, 2.75) is 0 Å². The molecule has 3 rings (SSSR count). The van der Waals surface area contributed by atoms with Crippen LogP contribution in [0.25, 0.3) is 6.08 Å². The fourth-order valence-electron chi connectivity index (χ4n) is 2.28. The highest BCUT2D eigenvalue weighted by molar-refractivity contribution is 8.18. The first kappa shape index (κ1) is 16.9. The third-order valence-electron chi connectivity index (χ3n) is 3.44. The Balaban J connectivity index is 2.05. The lowest BCUT2D eigenvalue weighted by Crippen LogP contribution is -2.10. The predicted octanol–water partition coefficient (Wildman–Crippen LogP) is 4.20. The van der Waals surface area contributed by atoms with Gasteiger partial charge in [-0.15, -0.1) is 0 Å². The first-order valence-corrected chi connectivity index (χ1v) is 8.25. The number of hydrogen-bond donors (Lipinski definition) is 2. The number of phenolic OH excluding ortho intramolecular Hbond substituents is 1. The summed E-state index contributed by atoms with van der Waals surface area (Å²) in [5.74, 6) is -0.721. The van der Waals surface area contributed by atoms with Crippen LogP contribution in [0.2, 0.25) is 0 Å². The van der Waals surface area contributed by atoms with Gasteiger partial charge in [0.2, 0.25) is 0 Å². The minimum absolute atomic E-state index is 0.0303. The molecule has 1 aliphatic heterocycles. The lowest BCUT2D eigenvalue weighted by molar-refractivity contribution is -0.135. The summed E-state index contributed by atoms with van der Waals surface area (Å²) in [5, 5.41) is 20.4. The third kappa shape index (κ3) is 3.75. The Morgan fingerprint density at radius 2 is 1.88 bits per heavy atom. The number of carbonyl (C=O) groups excluding carboxylic acids is 1. The number of benzene rings is 2. The number of aliphatic imine (C=N–C) groups is 1. The molecule has 1 heterocycles. The fourth-order valence-corrected chi connectivity index (χ4v) is 3.31. The second-order valence-corrected chi connectivity index (χ2v) is 6.20. The van der Waals surface area contributed by atoms with Crippen molar-refractivity contribution in [3.05, 3.63) is 76.4 Å². The molecule has 2 aromatic carbocycles. The van der Waals surface area contributed by atoms with Crippen molar-refractivity contribution in [1.29, 1.82) is 0 Å². The Hall–Kier alpha value is -2.99. The molecule has 1 aliphatic rings. The molecule has 0 atom stereocenters. The highest BCUT2D eigenvalue weighted by Gasteiger charge is 2.32. The van der Waals surface area contributed by atoms with E-state index in [9.17, 15) is 15.0 Å². The van der Waals surface area contributed by atoms with Crippen molar-refractivity contribution in [2.24, 2.45) is 4.99 Å². The first-order chi connectivity index (χ1) is 12.1. The second-order valence-electron chi connectivity index (χ2n) is 5.17. The lowest BCUT2D eigenvalue weighted by Gasteiger charge is -2.01. The van der Waals surface area contributed by atoms with Gasteiger partial charge in [-0.1, -0.05) is 42.1 Å². The molecule has 0 radical (unpaired) electrons. The van der Waals surface area contributed by atoms with Gasteiger partial charge in [-0.25, -0.2) is 9.79 Å². The maximum Gasteiger partial charge on any atom is 0.344 e. The topological polar surface area (TPSA) is 79.1 Å². The number of phenols is 1. The van der Waals surface area contributed by atoms with Crippen LogP contribution in [0.1, 0.15) is 5.56 Å². The lowest BCUT2D eigenvalue weighted by atomic mass is 10.1. The van der Waals surface area contributed by atoms with E-state index in [1.165, 1.54) is 18.9 Å². The van der Waals surface area contributed by atoms with Gasteiger partial charge in [-0.2, -0.15) is 0 Å². The number of esters is 1. The van der Waals surface area contributed by atoms with E-state index < -0.39 is 5.97 Å². The van der Waals surface area contributed by atoms with Gasteiger partial charge in [-0.05, 0) is 35.9 Å². The summed E-state index contributed by atoms with van der Waals surface area (Å²) >= 11 is 1.17. The molecule has 0 bridgehead atoms. The molecular formula is C19H15NO4S. The minimum Gasteiger partial charge on any atom is -0.508 e. The zero-order valence-electron chi connectivity index (χ0n) is 13.3. The first-order valence-electron chi connectivity index (χ1n) is 7.43. The summed E-state index contributed by atoms with van der Waals surface area (Å²) in [7, 11) is 1.25. The average Bonchev–Trinajstić information content (AvgIpc) is 2.90. The van der Waals surface area contributed by atoms with E-state index >= 15 is 0 Å². The summed E-state index contributed by atoms with van der Waals surface area (Å²) in [6, 6.07) is 15.7. The van der Waals surface area contributed by atoms with Gasteiger partial charge < -0.3 is 14.9 Å². The molecule has 0 fully saturated rings. The van der Waals surface area contributed by atoms with Crippen LogP contribution in [0.4, 0.5) is 5.69 Å². The summed E-state index contributed by atoms with van der Waals surface area (Å²) < 4.78 is 4.77. The van der Waals surface area contributed by atoms with Gasteiger partial charge in [-0.3, -0.25) is 0 Å². The second kappa shape index (κ2) is 7.27. The van der Waals surface area contributed by atoms with E-state index in [0.717, 1.165) is 0 Å². The summed E-state index contributed by atoms with van der Waals surface area (Å²) in [4.78, 5) is 17.0. The fraction of sp³-hybridized carbons (Fsp3) is 0.0526. The quantitative estimate of drug-likeness (QED) is 0.809. The number of ether oxygens (including phenoxy) is 1. The van der Waals surface area contributed by atoms with Crippen LogP contribution >= 0.6 is 11.8 Å². The van der Waals surface area contributed by atoms with E-state index in [1.54, 1.807) is 42.5 Å². The molecule has 126 valence electrons. The standard InChI is InChI=1S/C19H15NO4S/c1-24-19(23)16-17(22)15(11-12-6-5-9-14(21)10-12)25-18(16)20-13-7-3-2-4-8-13/h2-11,21-22H,1H3. The SMILES string of the molecule is COC(=O)C1=C(O)C(=Cc2cccc(O)c2)SC1=Nc1ccccc1. The maximum atomic E-state index is 12.1. The molecule has 0 amide bonds. The van der Waals surface area contributed by atoms with Gasteiger partial charge in [0, 0.05) is 0 Å². The largest absolute Gasteiger partial charge is 0.508 e. The number of aliphatic hydroxyl groups is 1. The van der Waals surface area contributed by atoms with E-state index in [1.807, 2.05) is 18.2 Å². The van der Waals surface area contributed by atoms with Gasteiger partial charge in [0.05, 0.1) is 17.7 Å². The average molecular weight is 353 g/mol. The van der Waals surface area contributed by atoms with Crippen molar-refractivity contribution >= 4 is 34.5 Å². The molecule has 25 heavy (non-hydrogen) atoms. The number of rotatable bonds is 3. The molecule has 0 unspecified atom stereocenters. The zero-order valence-corrected chi connectivity index (χ0v) is 14.2. The maximum absolute atomic E-state index is 12.1. The monoisotopic (exact) mass is 353 g/mol. The number of carbonyl (C=O) groups is 1. The molecule has 5 nitrogen and oxygen atoms in total. The summed E-state index contributed by atoms with van der Waals surface area (Å²) in [6.07, 6.45) is 1.68. The number of aromatic hydroxyl groups is 1. The molecule has 0 aromatic heterocycles. The molecule has 0 spiro atoms. The Morgan fingerprint density at radius 3 is 2.56 bits per heavy atom. The van der Waals surface area contributed by atoms with Crippen molar-refractivity contribution in [3.8, 4) is 5.75 Å². The van der Waals surface area contributed by atoms with Crippen LogP contribution < -0.4 is 0 Å². The molecule has 2 aromatic rings. The Labute approximate surface area is 149 Å². The molecule has 6 heteroatoms. The van der Waals surface area contributed by atoms with Crippen LogP contribution in [0, 0.1) is 0 Å². The van der Waals surface area contributed by atoms with E-state index in [-0.39, 0.29) is 17.1 Å². The number of thioether (sulfide) groups is 1. The Kier molecular flexibility index (Phi) is 4.90. The van der Waals surface area contributed by atoms with Crippen molar-refractivity contribution in [1.82, 2.24) is 0 Å². The van der Waals surface area contributed by atoms with Crippen molar-refractivity contribution in [3.63, 3.8) is 0 Å². The van der Waals surface area contributed by atoms with Crippen LogP contribution in [-0.2, 0) is 9.53 Å². The van der Waals surface area contributed by atoms with Crippen molar-refractivity contribution < 1.29 is 19.7 Å². The molecule has 0 aliphatic carbocycles. The minimum atomic E-state index is -0.654.